The number of carbonyl (C=O) groups excluding carboxylic acids is 2. The summed E-state index contributed by atoms with van der Waals surface area (Å²) in [5.74, 6) is -0.866. The van der Waals surface area contributed by atoms with Gasteiger partial charge >= 0.3 is 0 Å². The Morgan fingerprint density at radius 2 is 1.83 bits per heavy atom. The topological polar surface area (TPSA) is 85.1 Å². The number of amides is 2. The summed E-state index contributed by atoms with van der Waals surface area (Å²) in [4.78, 5) is 30.9. The quantitative estimate of drug-likeness (QED) is 0.393. The lowest BCUT2D eigenvalue weighted by molar-refractivity contribution is 0.100. The highest BCUT2D eigenvalue weighted by atomic mass is 79.9. The van der Waals surface area contributed by atoms with Crippen LogP contribution >= 0.6 is 27.3 Å². The predicted octanol–water partition coefficient (Wildman–Crippen LogP) is 5.69. The van der Waals surface area contributed by atoms with Crippen molar-refractivity contribution in [2.75, 3.05) is 5.32 Å². The Morgan fingerprint density at radius 3 is 2.57 bits per heavy atom. The van der Waals surface area contributed by atoms with Crippen molar-refractivity contribution in [2.24, 2.45) is 5.73 Å². The summed E-state index contributed by atoms with van der Waals surface area (Å²) in [6, 6.07) is 17.0. The Morgan fingerprint density at radius 1 is 1.07 bits per heavy atom. The van der Waals surface area contributed by atoms with Gasteiger partial charge in [-0.3, -0.25) is 9.59 Å². The maximum absolute atomic E-state index is 13.3. The molecule has 0 saturated heterocycles. The van der Waals surface area contributed by atoms with Gasteiger partial charge in [-0.15, -0.1) is 11.3 Å². The van der Waals surface area contributed by atoms with E-state index < -0.39 is 5.91 Å². The molecule has 0 atom stereocenters. The van der Waals surface area contributed by atoms with Crippen molar-refractivity contribution in [3.05, 3.63) is 80.6 Å². The normalized spacial score (nSPS) is 10.9. The molecular weight excluding hydrogens is 462 g/mol. The molecule has 4 aromatic rings. The smallest absolute Gasteiger partial charge is 0.257 e. The van der Waals surface area contributed by atoms with Crippen molar-refractivity contribution in [3.63, 3.8) is 0 Å². The minimum atomic E-state index is -0.554. The number of nitrogens with two attached hydrogens (primary N) is 1. The lowest BCUT2D eigenvalue weighted by Gasteiger charge is -2.11. The first kappa shape index (κ1) is 20.3. The Labute approximate surface area is 186 Å². The van der Waals surface area contributed by atoms with Gasteiger partial charge in [-0.2, -0.15) is 0 Å². The summed E-state index contributed by atoms with van der Waals surface area (Å²) in [5.41, 5.74) is 9.48. The highest BCUT2D eigenvalue weighted by Crippen LogP contribution is 2.33. The number of carbonyl (C=O) groups is 2. The summed E-state index contributed by atoms with van der Waals surface area (Å²) in [6.07, 6.45) is 0. The van der Waals surface area contributed by atoms with E-state index in [4.69, 9.17) is 10.7 Å². The molecular formula is C23H18BrN3O2S. The van der Waals surface area contributed by atoms with E-state index in [2.05, 4.69) is 21.2 Å². The zero-order valence-corrected chi connectivity index (χ0v) is 18.7. The van der Waals surface area contributed by atoms with E-state index in [1.165, 1.54) is 11.3 Å². The van der Waals surface area contributed by atoms with Gasteiger partial charge in [-0.25, -0.2) is 4.98 Å². The first-order chi connectivity index (χ1) is 14.3. The van der Waals surface area contributed by atoms with Crippen LogP contribution in [-0.4, -0.2) is 16.8 Å². The van der Waals surface area contributed by atoms with E-state index in [-0.39, 0.29) is 5.91 Å². The number of nitrogens with one attached hydrogen (secondary N) is 1. The van der Waals surface area contributed by atoms with Crippen molar-refractivity contribution >= 4 is 55.0 Å². The van der Waals surface area contributed by atoms with Crippen LogP contribution in [0.15, 0.2) is 59.1 Å². The van der Waals surface area contributed by atoms with Gasteiger partial charge in [-0.1, -0.05) is 46.3 Å². The van der Waals surface area contributed by atoms with E-state index >= 15 is 0 Å². The maximum atomic E-state index is 13.3. The Balaban J connectivity index is 1.83. The van der Waals surface area contributed by atoms with Crippen LogP contribution in [-0.2, 0) is 0 Å². The van der Waals surface area contributed by atoms with E-state index in [0.29, 0.717) is 27.3 Å². The zero-order chi connectivity index (χ0) is 21.4. The van der Waals surface area contributed by atoms with Crippen molar-refractivity contribution in [3.8, 4) is 11.3 Å². The number of halogens is 1. The third-order valence-electron chi connectivity index (χ3n) is 4.94. The molecule has 4 rings (SSSR count). The predicted molar refractivity (Wildman–Crippen MR) is 125 cm³/mol. The van der Waals surface area contributed by atoms with E-state index in [0.717, 1.165) is 25.9 Å². The number of pyridine rings is 1. The second-order valence-electron chi connectivity index (χ2n) is 6.89. The van der Waals surface area contributed by atoms with Crippen LogP contribution in [0.3, 0.4) is 0 Å². The monoisotopic (exact) mass is 479 g/mol. The molecule has 0 fully saturated rings. The zero-order valence-electron chi connectivity index (χ0n) is 16.3. The van der Waals surface area contributed by atoms with Gasteiger partial charge in [0.05, 0.1) is 22.3 Å². The fourth-order valence-electron chi connectivity index (χ4n) is 3.34. The fourth-order valence-corrected chi connectivity index (χ4v) is 4.80. The molecule has 5 nitrogen and oxygen atoms in total. The number of nitrogens with zero attached hydrogens (tertiary/aromatic N) is 1. The Hall–Kier alpha value is -3.03. The van der Waals surface area contributed by atoms with Crippen LogP contribution in [0.2, 0.25) is 0 Å². The number of hydrogen-bond acceptors (Lipinski definition) is 4. The van der Waals surface area contributed by atoms with Crippen molar-refractivity contribution < 1.29 is 9.59 Å². The molecule has 30 heavy (non-hydrogen) atoms. The van der Waals surface area contributed by atoms with Crippen molar-refractivity contribution in [1.29, 1.82) is 0 Å². The number of aryl methyl sites for hydroxylation is 1. The molecule has 0 unspecified atom stereocenters. The van der Waals surface area contributed by atoms with E-state index in [1.54, 1.807) is 6.07 Å². The average molecular weight is 480 g/mol. The minimum absolute atomic E-state index is 0.311. The average Bonchev–Trinajstić information content (AvgIpc) is 3.00. The SMILES string of the molecule is Cc1sc(NC(=O)c2cc(-c3cccc(Br)c3)nc3ccccc23)c(C(N)=O)c1C. The van der Waals surface area contributed by atoms with Crippen LogP contribution in [0.5, 0.6) is 0 Å². The van der Waals surface area contributed by atoms with Crippen LogP contribution < -0.4 is 11.1 Å². The van der Waals surface area contributed by atoms with Crippen LogP contribution in [0.4, 0.5) is 5.00 Å². The molecule has 3 N–H and O–H groups in total. The largest absolute Gasteiger partial charge is 0.365 e. The van der Waals surface area contributed by atoms with Gasteiger partial charge in [0, 0.05) is 20.3 Å². The molecule has 2 amide bonds. The molecule has 2 aromatic heterocycles. The van der Waals surface area contributed by atoms with E-state index in [9.17, 15) is 9.59 Å². The number of thiophene rings is 1. The van der Waals surface area contributed by atoms with Crippen molar-refractivity contribution in [1.82, 2.24) is 4.98 Å². The number of anilines is 1. The number of primary amides is 1. The number of rotatable bonds is 4. The first-order valence-electron chi connectivity index (χ1n) is 9.22. The molecule has 0 aliphatic carbocycles. The minimum Gasteiger partial charge on any atom is -0.365 e. The van der Waals surface area contributed by atoms with Crippen LogP contribution in [0.1, 0.15) is 31.2 Å². The van der Waals surface area contributed by atoms with Gasteiger partial charge in [0.2, 0.25) is 0 Å². The first-order valence-corrected chi connectivity index (χ1v) is 10.8. The van der Waals surface area contributed by atoms with E-state index in [1.807, 2.05) is 62.4 Å². The summed E-state index contributed by atoms with van der Waals surface area (Å²) in [7, 11) is 0. The number of para-hydroxylation sites is 1. The third kappa shape index (κ3) is 3.74. The van der Waals surface area contributed by atoms with Crippen LogP contribution in [0.25, 0.3) is 22.2 Å². The molecule has 0 spiro atoms. The Kier molecular flexibility index (Phi) is 5.40. The van der Waals surface area contributed by atoms with Crippen LogP contribution in [0, 0.1) is 13.8 Å². The molecule has 0 saturated carbocycles. The second kappa shape index (κ2) is 8.01. The highest BCUT2D eigenvalue weighted by molar-refractivity contribution is 9.10. The molecule has 2 aromatic carbocycles. The lowest BCUT2D eigenvalue weighted by atomic mass is 10.0. The maximum Gasteiger partial charge on any atom is 0.257 e. The summed E-state index contributed by atoms with van der Waals surface area (Å²) in [6.45, 7) is 3.73. The number of hydrogen-bond donors (Lipinski definition) is 2. The number of benzene rings is 2. The molecule has 0 bridgehead atoms. The fraction of sp³-hybridized carbons (Fsp3) is 0.0870. The Bertz CT molecular complexity index is 1310. The van der Waals surface area contributed by atoms with Gasteiger partial charge in [-0.05, 0) is 43.7 Å². The molecule has 150 valence electrons. The van der Waals surface area contributed by atoms with Crippen molar-refractivity contribution in [2.45, 2.75) is 13.8 Å². The van der Waals surface area contributed by atoms with Gasteiger partial charge in [0.15, 0.2) is 0 Å². The number of fused-ring (bicyclic) bond motifs is 1. The summed E-state index contributed by atoms with van der Waals surface area (Å²) >= 11 is 4.83. The lowest BCUT2D eigenvalue weighted by Crippen LogP contribution is -2.18. The number of aromatic nitrogens is 1. The molecule has 0 aliphatic rings. The molecule has 2 heterocycles. The standard InChI is InChI=1S/C23H18BrN3O2S/c1-12-13(2)30-23(20(12)21(25)28)27-22(29)17-11-19(14-6-5-7-15(24)10-14)26-18-9-4-3-8-16(17)18/h3-11H,1-2H3,(H2,25,28)(H,27,29). The summed E-state index contributed by atoms with van der Waals surface area (Å²) in [5, 5.41) is 4.09. The van der Waals surface area contributed by atoms with Gasteiger partial charge < -0.3 is 11.1 Å². The second-order valence-corrected chi connectivity index (χ2v) is 9.03. The molecule has 0 aliphatic heterocycles. The third-order valence-corrected chi connectivity index (χ3v) is 6.56. The highest BCUT2D eigenvalue weighted by Gasteiger charge is 2.21. The summed E-state index contributed by atoms with van der Waals surface area (Å²) < 4.78 is 0.927. The molecule has 0 radical (unpaired) electrons. The van der Waals surface area contributed by atoms with Gasteiger partial charge in [0.25, 0.3) is 11.8 Å². The van der Waals surface area contributed by atoms with Gasteiger partial charge in [0.1, 0.15) is 5.00 Å². The molecule has 7 heteroatoms.